The van der Waals surface area contributed by atoms with Gasteiger partial charge in [0.05, 0.1) is 7.11 Å². The van der Waals surface area contributed by atoms with Crippen molar-refractivity contribution in [3.63, 3.8) is 0 Å². The topological polar surface area (TPSA) is 9.23 Å². The highest BCUT2D eigenvalue weighted by molar-refractivity contribution is 5.87. The van der Waals surface area contributed by atoms with Crippen LogP contribution >= 0.6 is 0 Å². The lowest BCUT2D eigenvalue weighted by atomic mass is 9.72. The zero-order valence-electron chi connectivity index (χ0n) is 16.4. The summed E-state index contributed by atoms with van der Waals surface area (Å²) < 4.78 is 5.38. The van der Waals surface area contributed by atoms with Crippen molar-refractivity contribution < 1.29 is 4.74 Å². The number of methoxy groups -OCH3 is 1. The van der Waals surface area contributed by atoms with Gasteiger partial charge in [0.25, 0.3) is 0 Å². The average molecular weight is 337 g/mol. The van der Waals surface area contributed by atoms with Crippen LogP contribution in [0.15, 0.2) is 48.0 Å². The van der Waals surface area contributed by atoms with Gasteiger partial charge in [0, 0.05) is 0 Å². The number of allylic oxidation sites excluding steroid dienone is 2. The van der Waals surface area contributed by atoms with E-state index in [4.69, 9.17) is 4.74 Å². The summed E-state index contributed by atoms with van der Waals surface area (Å²) >= 11 is 0. The van der Waals surface area contributed by atoms with Crippen molar-refractivity contribution in [2.24, 2.45) is 17.8 Å². The van der Waals surface area contributed by atoms with Crippen molar-refractivity contribution in [1.82, 2.24) is 0 Å². The Kier molecular flexibility index (Phi) is 5.51. The first-order valence-corrected chi connectivity index (χ1v) is 9.76. The lowest BCUT2D eigenvalue weighted by Crippen LogP contribution is -2.20. The van der Waals surface area contributed by atoms with E-state index in [-0.39, 0.29) is 0 Å². The highest BCUT2D eigenvalue weighted by Crippen LogP contribution is 2.39. The summed E-state index contributed by atoms with van der Waals surface area (Å²) in [6, 6.07) is 13.1. The van der Waals surface area contributed by atoms with Crippen LogP contribution < -0.4 is 4.74 Å². The Balaban J connectivity index is 1.96. The van der Waals surface area contributed by atoms with E-state index >= 15 is 0 Å². The Bertz CT molecular complexity index is 756. The number of rotatable bonds is 4. The average Bonchev–Trinajstić information content (AvgIpc) is 2.60. The molecule has 2 aromatic carbocycles. The first-order chi connectivity index (χ1) is 12.0. The Hall–Kier alpha value is -1.76. The molecule has 3 atom stereocenters. The maximum absolute atomic E-state index is 5.38. The van der Waals surface area contributed by atoms with Crippen molar-refractivity contribution in [1.29, 1.82) is 0 Å². The fourth-order valence-corrected chi connectivity index (χ4v) is 4.48. The molecule has 1 heteroatoms. The van der Waals surface area contributed by atoms with Gasteiger partial charge in [-0.15, -0.1) is 0 Å². The van der Waals surface area contributed by atoms with Crippen molar-refractivity contribution >= 4 is 10.8 Å². The maximum Gasteiger partial charge on any atom is 0.119 e. The molecule has 0 saturated heterocycles. The Labute approximate surface area is 153 Å². The van der Waals surface area contributed by atoms with E-state index in [0.717, 1.165) is 23.5 Å². The Morgan fingerprint density at radius 1 is 1.08 bits per heavy atom. The number of fused-ring (bicyclic) bond motifs is 1. The van der Waals surface area contributed by atoms with E-state index in [0.29, 0.717) is 5.92 Å². The van der Waals surface area contributed by atoms with Gasteiger partial charge in [-0.05, 0) is 71.4 Å². The minimum absolute atomic E-state index is 0.443. The smallest absolute Gasteiger partial charge is 0.119 e. The molecule has 134 valence electrons. The van der Waals surface area contributed by atoms with Gasteiger partial charge in [-0.3, -0.25) is 0 Å². The number of hydrogen-bond donors (Lipinski definition) is 0. The maximum atomic E-state index is 5.38. The lowest BCUT2D eigenvalue weighted by Gasteiger charge is -2.33. The van der Waals surface area contributed by atoms with Crippen molar-refractivity contribution in [3.05, 3.63) is 53.6 Å². The van der Waals surface area contributed by atoms with E-state index in [1.807, 2.05) is 0 Å². The van der Waals surface area contributed by atoms with E-state index in [1.165, 1.54) is 35.6 Å². The van der Waals surface area contributed by atoms with Gasteiger partial charge < -0.3 is 4.74 Å². The minimum atomic E-state index is 0.443. The predicted molar refractivity (Wildman–Crippen MR) is 108 cm³/mol. The van der Waals surface area contributed by atoms with Gasteiger partial charge in [0.15, 0.2) is 0 Å². The molecule has 0 amide bonds. The molecule has 0 heterocycles. The molecule has 25 heavy (non-hydrogen) atoms. The molecule has 0 aliphatic heterocycles. The molecule has 3 rings (SSSR count). The van der Waals surface area contributed by atoms with Gasteiger partial charge >= 0.3 is 0 Å². The molecule has 0 aromatic heterocycles. The monoisotopic (exact) mass is 336 g/mol. The number of ether oxygens (including phenoxy) is 1. The summed E-state index contributed by atoms with van der Waals surface area (Å²) in [6.07, 6.45) is 6.57. The van der Waals surface area contributed by atoms with Crippen LogP contribution in [0.25, 0.3) is 10.8 Å². The fourth-order valence-electron chi connectivity index (χ4n) is 4.48. The van der Waals surface area contributed by atoms with E-state index in [1.54, 1.807) is 12.7 Å². The first-order valence-electron chi connectivity index (χ1n) is 9.76. The summed E-state index contributed by atoms with van der Waals surface area (Å²) in [5.74, 6) is 3.69. The van der Waals surface area contributed by atoms with Gasteiger partial charge in [-0.25, -0.2) is 0 Å². The van der Waals surface area contributed by atoms with E-state index in [2.05, 4.69) is 70.2 Å². The molecule has 0 bridgehead atoms. The van der Waals surface area contributed by atoms with Gasteiger partial charge in [-0.1, -0.05) is 63.6 Å². The molecule has 1 nitrogen and oxygen atoms in total. The normalized spacial score (nSPS) is 24.0. The molecule has 2 aromatic rings. The van der Waals surface area contributed by atoms with Crippen LogP contribution in [-0.4, -0.2) is 7.11 Å². The van der Waals surface area contributed by atoms with E-state index in [9.17, 15) is 0 Å². The molecule has 1 saturated carbocycles. The Morgan fingerprint density at radius 3 is 2.60 bits per heavy atom. The molecule has 0 radical (unpaired) electrons. The summed E-state index contributed by atoms with van der Waals surface area (Å²) in [5, 5.41) is 2.61. The number of hydrogen-bond acceptors (Lipinski definition) is 1. The van der Waals surface area contributed by atoms with Gasteiger partial charge in [0.1, 0.15) is 5.75 Å². The second kappa shape index (κ2) is 7.64. The third kappa shape index (κ3) is 3.92. The quantitative estimate of drug-likeness (QED) is 0.548. The molecule has 0 unspecified atom stereocenters. The first kappa shape index (κ1) is 18.0. The van der Waals surface area contributed by atoms with Crippen molar-refractivity contribution in [2.75, 3.05) is 7.11 Å². The summed E-state index contributed by atoms with van der Waals surface area (Å²) in [4.78, 5) is 0. The SMILES string of the molecule is COc1ccc2c([C@H](C)/C=C3\C[C@H](C)CC[C@H]3C(C)C)cccc2c1. The van der Waals surface area contributed by atoms with Crippen LogP contribution in [0.1, 0.15) is 58.4 Å². The summed E-state index contributed by atoms with van der Waals surface area (Å²) in [5.41, 5.74) is 3.11. The molecular weight excluding hydrogens is 304 g/mol. The second-order valence-electron chi connectivity index (χ2n) is 8.20. The van der Waals surface area contributed by atoms with Crippen LogP contribution in [0.3, 0.4) is 0 Å². The van der Waals surface area contributed by atoms with Crippen LogP contribution in [0.5, 0.6) is 5.75 Å². The van der Waals surface area contributed by atoms with Crippen LogP contribution in [0.4, 0.5) is 0 Å². The summed E-state index contributed by atoms with van der Waals surface area (Å²) in [6.45, 7) is 9.51. The van der Waals surface area contributed by atoms with Crippen LogP contribution in [0.2, 0.25) is 0 Å². The molecule has 0 spiro atoms. The van der Waals surface area contributed by atoms with E-state index < -0.39 is 0 Å². The van der Waals surface area contributed by atoms with Crippen LogP contribution in [-0.2, 0) is 0 Å². The summed E-state index contributed by atoms with van der Waals surface area (Å²) in [7, 11) is 1.73. The van der Waals surface area contributed by atoms with Crippen molar-refractivity contribution in [3.8, 4) is 5.75 Å². The van der Waals surface area contributed by atoms with Crippen molar-refractivity contribution in [2.45, 2.75) is 52.9 Å². The predicted octanol–water partition coefficient (Wildman–Crippen LogP) is 6.97. The third-order valence-corrected chi connectivity index (χ3v) is 5.91. The van der Waals surface area contributed by atoms with Gasteiger partial charge in [0.2, 0.25) is 0 Å². The molecular formula is C24H32O. The minimum Gasteiger partial charge on any atom is -0.497 e. The second-order valence-corrected chi connectivity index (χ2v) is 8.20. The fraction of sp³-hybridized carbons (Fsp3) is 0.500. The molecule has 1 aliphatic carbocycles. The highest BCUT2D eigenvalue weighted by atomic mass is 16.5. The molecule has 0 N–H and O–H groups in total. The van der Waals surface area contributed by atoms with Gasteiger partial charge in [-0.2, -0.15) is 0 Å². The van der Waals surface area contributed by atoms with Crippen LogP contribution in [0, 0.1) is 17.8 Å². The third-order valence-electron chi connectivity index (χ3n) is 5.91. The zero-order chi connectivity index (χ0) is 18.0. The standard InChI is InChI=1S/C24H32O/c1-16(2)22-11-9-17(3)13-20(22)14-18(4)23-8-6-7-19-15-21(25-5)10-12-24(19)23/h6-8,10,12,14-18,22H,9,11,13H2,1-5H3/b20-14+/t17-,18-,22+/m1/s1. The highest BCUT2D eigenvalue weighted by Gasteiger charge is 2.26. The largest absolute Gasteiger partial charge is 0.497 e. The molecule has 1 aliphatic rings. The number of benzene rings is 2. The molecule has 1 fully saturated rings. The lowest BCUT2D eigenvalue weighted by molar-refractivity contribution is 0.306. The zero-order valence-corrected chi connectivity index (χ0v) is 16.4. The Morgan fingerprint density at radius 2 is 1.88 bits per heavy atom.